The van der Waals surface area contributed by atoms with Crippen LogP contribution in [-0.4, -0.2) is 15.0 Å². The molecule has 4 aromatic rings. The second-order valence-electron chi connectivity index (χ2n) is 6.83. The molecule has 0 fully saturated rings. The summed E-state index contributed by atoms with van der Waals surface area (Å²) < 4.78 is 0. The highest BCUT2D eigenvalue weighted by molar-refractivity contribution is 6.32. The first kappa shape index (κ1) is 17.5. The monoisotopic (exact) mass is 396 g/mol. The number of hydrogen-bond acceptors (Lipinski definition) is 3. The van der Waals surface area contributed by atoms with Crippen molar-refractivity contribution >= 4 is 33.9 Å². The fraction of sp³-hybridized carbons (Fsp3) is 0. The van der Waals surface area contributed by atoms with Crippen LogP contribution < -0.4 is 5.32 Å². The summed E-state index contributed by atoms with van der Waals surface area (Å²) in [5, 5.41) is 5.07. The zero-order valence-electron chi connectivity index (χ0n) is 15.5. The molecular formula is C24H17ClN4. The predicted octanol–water partition coefficient (Wildman–Crippen LogP) is 5.82. The molecule has 5 heteroatoms. The minimum atomic E-state index is 0.695. The van der Waals surface area contributed by atoms with Gasteiger partial charge in [0.2, 0.25) is 0 Å². The molecule has 29 heavy (non-hydrogen) atoms. The van der Waals surface area contributed by atoms with Gasteiger partial charge in [0.15, 0.2) is 0 Å². The average molecular weight is 397 g/mol. The highest BCUT2D eigenvalue weighted by Crippen LogP contribution is 2.34. The zero-order chi connectivity index (χ0) is 19.8. The van der Waals surface area contributed by atoms with Crippen molar-refractivity contribution in [3.8, 4) is 11.3 Å². The van der Waals surface area contributed by atoms with Crippen LogP contribution in [0.15, 0.2) is 91.5 Å². The molecule has 4 heterocycles. The van der Waals surface area contributed by atoms with E-state index in [1.54, 1.807) is 6.20 Å². The van der Waals surface area contributed by atoms with Crippen LogP contribution in [0.3, 0.4) is 0 Å². The van der Waals surface area contributed by atoms with Gasteiger partial charge in [0.25, 0.3) is 0 Å². The van der Waals surface area contributed by atoms with E-state index >= 15 is 0 Å². The summed E-state index contributed by atoms with van der Waals surface area (Å²) in [7, 11) is 0. The van der Waals surface area contributed by atoms with Crippen molar-refractivity contribution in [2.45, 2.75) is 0 Å². The van der Waals surface area contributed by atoms with E-state index in [0.29, 0.717) is 5.02 Å². The lowest BCUT2D eigenvalue weighted by Gasteiger charge is -2.19. The van der Waals surface area contributed by atoms with Gasteiger partial charge in [0, 0.05) is 57.2 Å². The van der Waals surface area contributed by atoms with Crippen molar-refractivity contribution in [2.75, 3.05) is 0 Å². The molecule has 0 spiro atoms. The van der Waals surface area contributed by atoms with Crippen LogP contribution in [-0.2, 0) is 0 Å². The van der Waals surface area contributed by atoms with E-state index in [9.17, 15) is 0 Å². The van der Waals surface area contributed by atoms with Crippen molar-refractivity contribution in [3.63, 3.8) is 0 Å². The third-order valence-corrected chi connectivity index (χ3v) is 5.23. The van der Waals surface area contributed by atoms with E-state index in [1.165, 1.54) is 0 Å². The lowest BCUT2D eigenvalue weighted by atomic mass is 9.97. The van der Waals surface area contributed by atoms with Gasteiger partial charge in [0.1, 0.15) is 5.65 Å². The number of hydrogen-bond donors (Lipinski definition) is 2. The van der Waals surface area contributed by atoms with Gasteiger partial charge < -0.3 is 10.3 Å². The fourth-order valence-electron chi connectivity index (χ4n) is 3.57. The molecule has 0 amide bonds. The van der Waals surface area contributed by atoms with Gasteiger partial charge in [-0.05, 0) is 53.6 Å². The summed E-state index contributed by atoms with van der Waals surface area (Å²) in [6.07, 6.45) is 9.55. The zero-order valence-corrected chi connectivity index (χ0v) is 16.2. The van der Waals surface area contributed by atoms with Gasteiger partial charge in [-0.1, -0.05) is 36.4 Å². The first-order valence-electron chi connectivity index (χ1n) is 9.22. The molecule has 140 valence electrons. The largest absolute Gasteiger partial charge is 0.355 e. The van der Waals surface area contributed by atoms with Crippen molar-refractivity contribution in [1.82, 2.24) is 20.3 Å². The van der Waals surface area contributed by atoms with Crippen molar-refractivity contribution < 1.29 is 0 Å². The van der Waals surface area contributed by atoms with E-state index in [4.69, 9.17) is 11.6 Å². The van der Waals surface area contributed by atoms with E-state index < -0.39 is 0 Å². The fourth-order valence-corrected chi connectivity index (χ4v) is 3.80. The molecule has 2 N–H and O–H groups in total. The van der Waals surface area contributed by atoms with Crippen LogP contribution in [0.2, 0.25) is 5.02 Å². The molecule has 1 aliphatic heterocycles. The lowest BCUT2D eigenvalue weighted by Crippen LogP contribution is -2.14. The number of rotatable bonds is 3. The molecule has 1 aliphatic rings. The number of aromatic amines is 1. The number of allylic oxidation sites excluding steroid dienone is 3. The Labute approximate surface area is 173 Å². The summed E-state index contributed by atoms with van der Waals surface area (Å²) in [5.74, 6) is 0. The Morgan fingerprint density at radius 3 is 2.66 bits per heavy atom. The topological polar surface area (TPSA) is 53.6 Å². The molecule has 1 aromatic carbocycles. The van der Waals surface area contributed by atoms with E-state index in [0.717, 1.165) is 50.4 Å². The molecular weight excluding hydrogens is 380 g/mol. The summed E-state index contributed by atoms with van der Waals surface area (Å²) in [4.78, 5) is 12.1. The molecule has 0 saturated carbocycles. The Bertz CT molecular complexity index is 1300. The van der Waals surface area contributed by atoms with Crippen molar-refractivity contribution in [2.24, 2.45) is 0 Å². The second-order valence-corrected chi connectivity index (χ2v) is 7.24. The summed E-state index contributed by atoms with van der Waals surface area (Å²) in [6, 6.07) is 15.9. The third-order valence-electron chi connectivity index (χ3n) is 4.90. The first-order chi connectivity index (χ1) is 14.2. The maximum Gasteiger partial charge on any atom is 0.138 e. The molecule has 0 aliphatic carbocycles. The number of dihydropyridines is 1. The number of nitrogens with zero attached hydrogens (tertiary/aromatic N) is 2. The maximum atomic E-state index is 6.41. The van der Waals surface area contributed by atoms with Crippen LogP contribution in [0.25, 0.3) is 33.6 Å². The van der Waals surface area contributed by atoms with Gasteiger partial charge in [-0.25, -0.2) is 4.98 Å². The summed E-state index contributed by atoms with van der Waals surface area (Å²) in [5.41, 5.74) is 7.64. The van der Waals surface area contributed by atoms with E-state index in [1.807, 2.05) is 60.9 Å². The Kier molecular flexibility index (Phi) is 4.26. The number of pyridine rings is 2. The van der Waals surface area contributed by atoms with Crippen molar-refractivity contribution in [3.05, 3.63) is 108 Å². The van der Waals surface area contributed by atoms with Crippen LogP contribution >= 0.6 is 11.6 Å². The Balaban J connectivity index is 1.64. The average Bonchev–Trinajstić information content (AvgIpc) is 3.19. The van der Waals surface area contributed by atoms with Gasteiger partial charge in [-0.15, -0.1) is 0 Å². The van der Waals surface area contributed by atoms with Crippen LogP contribution in [0, 0.1) is 0 Å². The first-order valence-corrected chi connectivity index (χ1v) is 9.59. The van der Waals surface area contributed by atoms with Crippen LogP contribution in [0.5, 0.6) is 0 Å². The van der Waals surface area contributed by atoms with Crippen molar-refractivity contribution in [1.29, 1.82) is 0 Å². The number of halogens is 1. The maximum absolute atomic E-state index is 6.41. The molecule has 0 bridgehead atoms. The summed E-state index contributed by atoms with van der Waals surface area (Å²) >= 11 is 6.41. The summed E-state index contributed by atoms with van der Waals surface area (Å²) in [6.45, 7) is 4.13. The normalized spacial score (nSPS) is 13.8. The highest BCUT2D eigenvalue weighted by atomic mass is 35.5. The van der Waals surface area contributed by atoms with Crippen LogP contribution in [0.1, 0.15) is 11.1 Å². The Morgan fingerprint density at radius 2 is 1.83 bits per heavy atom. The molecule has 0 atom stereocenters. The van der Waals surface area contributed by atoms with Gasteiger partial charge in [0.05, 0.1) is 0 Å². The molecule has 0 radical (unpaired) electrons. The number of fused-ring (bicyclic) bond motifs is 1. The molecule has 0 unspecified atom stereocenters. The number of aromatic nitrogens is 3. The third kappa shape index (κ3) is 3.24. The van der Waals surface area contributed by atoms with E-state index in [-0.39, 0.29) is 0 Å². The van der Waals surface area contributed by atoms with Crippen LogP contribution in [0.4, 0.5) is 0 Å². The standard InChI is InChI=1S/C24H17ClN4/c1-15-11-17(12-23(28-15)19-6-2-3-7-21(19)25)18-8-10-27-24-20(18)13-22(29-24)16-5-4-9-26-14-16/h2-14,28H,1H2,(H,27,29). The SMILES string of the molecule is C=C1C=C(c2ccnc3[nH]c(-c4cccnc4)cc23)C=C(c2ccccc2Cl)N1. The number of H-pyrrole nitrogens is 1. The molecule has 4 nitrogen and oxygen atoms in total. The van der Waals surface area contributed by atoms with Gasteiger partial charge in [-0.3, -0.25) is 4.98 Å². The number of nitrogens with one attached hydrogen (secondary N) is 2. The van der Waals surface area contributed by atoms with E-state index in [2.05, 4.69) is 39.0 Å². The quantitative estimate of drug-likeness (QED) is 0.458. The second kappa shape index (κ2) is 7.08. The minimum Gasteiger partial charge on any atom is -0.355 e. The lowest BCUT2D eigenvalue weighted by molar-refractivity contribution is 1.13. The molecule has 0 saturated heterocycles. The molecule has 5 rings (SSSR count). The Morgan fingerprint density at radius 1 is 0.931 bits per heavy atom. The predicted molar refractivity (Wildman–Crippen MR) is 119 cm³/mol. The minimum absolute atomic E-state index is 0.695. The Hall–Kier alpha value is -3.63. The van der Waals surface area contributed by atoms with Gasteiger partial charge >= 0.3 is 0 Å². The van der Waals surface area contributed by atoms with Gasteiger partial charge in [-0.2, -0.15) is 0 Å². The smallest absolute Gasteiger partial charge is 0.138 e. The highest BCUT2D eigenvalue weighted by Gasteiger charge is 2.16. The number of benzene rings is 1. The molecule has 3 aromatic heterocycles.